The van der Waals surface area contributed by atoms with Crippen LogP contribution in [0.15, 0.2) is 41.3 Å². The molecule has 1 aromatic rings. The van der Waals surface area contributed by atoms with E-state index in [0.717, 1.165) is 11.5 Å². The van der Waals surface area contributed by atoms with Crippen LogP contribution in [0.5, 0.6) is 0 Å². The molecular formula is C16H22N2O2S. The molecule has 4 atom stereocenters. The van der Waals surface area contributed by atoms with Crippen molar-refractivity contribution in [2.24, 2.45) is 22.9 Å². The van der Waals surface area contributed by atoms with Gasteiger partial charge >= 0.3 is 0 Å². The van der Waals surface area contributed by atoms with Gasteiger partial charge < -0.3 is 5.32 Å². The molecule has 4 nitrogen and oxygen atoms in total. The first-order chi connectivity index (χ1) is 9.93. The summed E-state index contributed by atoms with van der Waals surface area (Å²) in [6.07, 6.45) is 7.28. The van der Waals surface area contributed by atoms with E-state index in [-0.39, 0.29) is 4.90 Å². The van der Waals surface area contributed by atoms with Crippen LogP contribution in [0.2, 0.25) is 0 Å². The summed E-state index contributed by atoms with van der Waals surface area (Å²) in [5.74, 6) is 2.18. The number of benzene rings is 1. The highest BCUT2D eigenvalue weighted by Crippen LogP contribution is 2.44. The molecule has 114 valence electrons. The van der Waals surface area contributed by atoms with Crippen LogP contribution in [-0.4, -0.2) is 14.5 Å². The number of hydrogen-bond acceptors (Lipinski definition) is 3. The molecule has 1 fully saturated rings. The van der Waals surface area contributed by atoms with Crippen molar-refractivity contribution in [3.63, 3.8) is 0 Å². The molecule has 3 N–H and O–H groups in total. The van der Waals surface area contributed by atoms with Crippen molar-refractivity contribution in [3.8, 4) is 0 Å². The zero-order chi connectivity index (χ0) is 15.0. The quantitative estimate of drug-likeness (QED) is 0.818. The normalized spacial score (nSPS) is 29.0. The number of hydrogen-bond donors (Lipinski definition) is 2. The minimum absolute atomic E-state index is 0.178. The summed E-state index contributed by atoms with van der Waals surface area (Å²) in [5, 5.41) is 8.70. The fourth-order valence-corrected chi connectivity index (χ4v) is 4.24. The molecule has 2 aliphatic carbocycles. The average Bonchev–Trinajstić information content (AvgIpc) is 3.07. The molecular weight excluding hydrogens is 284 g/mol. The first kappa shape index (κ1) is 14.8. The van der Waals surface area contributed by atoms with Gasteiger partial charge in [-0.2, -0.15) is 0 Å². The molecule has 21 heavy (non-hydrogen) atoms. The van der Waals surface area contributed by atoms with E-state index in [0.29, 0.717) is 24.4 Å². The third kappa shape index (κ3) is 3.20. The lowest BCUT2D eigenvalue weighted by atomic mass is 9.87. The van der Waals surface area contributed by atoms with E-state index >= 15 is 0 Å². The summed E-state index contributed by atoms with van der Waals surface area (Å²) in [7, 11) is -3.62. The Morgan fingerprint density at radius 1 is 1.33 bits per heavy atom. The van der Waals surface area contributed by atoms with E-state index < -0.39 is 10.0 Å². The molecule has 0 aliphatic heterocycles. The van der Waals surface area contributed by atoms with Gasteiger partial charge in [0.25, 0.3) is 0 Å². The van der Waals surface area contributed by atoms with Gasteiger partial charge in [0.15, 0.2) is 0 Å². The number of sulfonamides is 1. The van der Waals surface area contributed by atoms with Gasteiger partial charge in [0.1, 0.15) is 0 Å². The maximum Gasteiger partial charge on any atom is 0.238 e. The van der Waals surface area contributed by atoms with Gasteiger partial charge in [-0.15, -0.1) is 0 Å². The Hall–Kier alpha value is -1.17. The van der Waals surface area contributed by atoms with E-state index in [1.54, 1.807) is 12.1 Å². The number of primary sulfonamides is 1. The Balaban J connectivity index is 1.61. The van der Waals surface area contributed by atoms with Gasteiger partial charge in [0.2, 0.25) is 10.0 Å². The topological polar surface area (TPSA) is 72.2 Å². The van der Waals surface area contributed by atoms with Crippen molar-refractivity contribution >= 4 is 10.0 Å². The van der Waals surface area contributed by atoms with Crippen LogP contribution in [0.1, 0.15) is 25.3 Å². The lowest BCUT2D eigenvalue weighted by Gasteiger charge is -2.26. The first-order valence-corrected chi connectivity index (χ1v) is 9.01. The van der Waals surface area contributed by atoms with Crippen LogP contribution in [0.4, 0.5) is 0 Å². The number of allylic oxidation sites excluding steroid dienone is 2. The summed E-state index contributed by atoms with van der Waals surface area (Å²) in [4.78, 5) is 0.178. The van der Waals surface area contributed by atoms with Crippen molar-refractivity contribution in [2.75, 3.05) is 0 Å². The third-order valence-corrected chi connectivity index (χ3v) is 5.74. The Bertz CT molecular complexity index is 654. The Morgan fingerprint density at radius 3 is 2.76 bits per heavy atom. The zero-order valence-corrected chi connectivity index (χ0v) is 13.0. The van der Waals surface area contributed by atoms with E-state index in [9.17, 15) is 8.42 Å². The standard InChI is InChI=1S/C16H22N2O2S/c1-11(16-9-12-5-6-14(16)7-12)18-10-13-3-2-4-15(8-13)21(17,19)20/h2-6,8,11-12,14,16,18H,7,9-10H2,1H3,(H2,17,19,20). The second kappa shape index (κ2) is 5.55. The number of nitrogens with one attached hydrogen (secondary N) is 1. The molecule has 0 amide bonds. The third-order valence-electron chi connectivity index (χ3n) is 4.83. The highest BCUT2D eigenvalue weighted by atomic mass is 32.2. The molecule has 5 heteroatoms. The molecule has 3 rings (SSSR count). The van der Waals surface area contributed by atoms with Crippen molar-refractivity contribution in [1.29, 1.82) is 0 Å². The zero-order valence-electron chi connectivity index (χ0n) is 12.2. The van der Waals surface area contributed by atoms with Crippen molar-refractivity contribution in [2.45, 2.75) is 37.2 Å². The Labute approximate surface area is 126 Å². The second-order valence-corrected chi connectivity index (χ2v) is 7.87. The Morgan fingerprint density at radius 2 is 2.14 bits per heavy atom. The molecule has 0 spiro atoms. The van der Waals surface area contributed by atoms with Gasteiger partial charge in [-0.05, 0) is 55.2 Å². The van der Waals surface area contributed by atoms with Crippen LogP contribution < -0.4 is 10.5 Å². The number of fused-ring (bicyclic) bond motifs is 2. The average molecular weight is 306 g/mol. The molecule has 2 bridgehead atoms. The molecule has 1 saturated carbocycles. The smallest absolute Gasteiger partial charge is 0.238 e. The van der Waals surface area contributed by atoms with Gasteiger partial charge in [0, 0.05) is 12.6 Å². The van der Waals surface area contributed by atoms with E-state index in [2.05, 4.69) is 24.4 Å². The van der Waals surface area contributed by atoms with E-state index in [4.69, 9.17) is 5.14 Å². The fourth-order valence-electron chi connectivity index (χ4n) is 3.66. The highest BCUT2D eigenvalue weighted by Gasteiger charge is 2.38. The minimum Gasteiger partial charge on any atom is -0.310 e. The maximum atomic E-state index is 11.4. The molecule has 0 heterocycles. The fraction of sp³-hybridized carbons (Fsp3) is 0.500. The van der Waals surface area contributed by atoms with Gasteiger partial charge in [-0.1, -0.05) is 24.3 Å². The summed E-state index contributed by atoms with van der Waals surface area (Å²) < 4.78 is 22.7. The maximum absolute atomic E-state index is 11.4. The molecule has 0 saturated heterocycles. The first-order valence-electron chi connectivity index (χ1n) is 7.47. The summed E-state index contributed by atoms with van der Waals surface area (Å²) in [6.45, 7) is 2.89. The molecule has 0 radical (unpaired) electrons. The number of nitrogens with two attached hydrogens (primary N) is 1. The van der Waals surface area contributed by atoms with E-state index in [1.165, 1.54) is 18.9 Å². The van der Waals surface area contributed by atoms with Crippen molar-refractivity contribution in [1.82, 2.24) is 5.32 Å². The molecule has 1 aromatic carbocycles. The van der Waals surface area contributed by atoms with E-state index in [1.807, 2.05) is 6.07 Å². The van der Waals surface area contributed by atoms with Gasteiger partial charge in [-0.3, -0.25) is 0 Å². The van der Waals surface area contributed by atoms with Gasteiger partial charge in [0.05, 0.1) is 4.90 Å². The van der Waals surface area contributed by atoms with Crippen LogP contribution in [0, 0.1) is 17.8 Å². The van der Waals surface area contributed by atoms with Crippen LogP contribution in [-0.2, 0) is 16.6 Å². The molecule has 2 aliphatic rings. The monoisotopic (exact) mass is 306 g/mol. The highest BCUT2D eigenvalue weighted by molar-refractivity contribution is 7.89. The largest absolute Gasteiger partial charge is 0.310 e. The summed E-state index contributed by atoms with van der Waals surface area (Å²) >= 11 is 0. The van der Waals surface area contributed by atoms with Gasteiger partial charge in [-0.25, -0.2) is 13.6 Å². The predicted octanol–water partition coefficient (Wildman–Crippen LogP) is 2.02. The van der Waals surface area contributed by atoms with Crippen LogP contribution in [0.25, 0.3) is 0 Å². The minimum atomic E-state index is -3.62. The molecule has 4 unspecified atom stereocenters. The SMILES string of the molecule is CC(NCc1cccc(S(N)(=O)=O)c1)C1CC2C=CC1C2. The number of rotatable bonds is 5. The second-order valence-electron chi connectivity index (χ2n) is 6.31. The van der Waals surface area contributed by atoms with Crippen LogP contribution >= 0.6 is 0 Å². The predicted molar refractivity (Wildman–Crippen MR) is 83.0 cm³/mol. The summed E-state index contributed by atoms with van der Waals surface area (Å²) in [5.41, 5.74) is 0.951. The summed E-state index contributed by atoms with van der Waals surface area (Å²) in [6, 6.07) is 7.28. The van der Waals surface area contributed by atoms with Crippen molar-refractivity contribution in [3.05, 3.63) is 42.0 Å². The lowest BCUT2D eigenvalue weighted by Crippen LogP contribution is -2.35. The molecule has 0 aromatic heterocycles. The lowest BCUT2D eigenvalue weighted by molar-refractivity contribution is 0.326. The van der Waals surface area contributed by atoms with Crippen LogP contribution in [0.3, 0.4) is 0 Å². The van der Waals surface area contributed by atoms with Crippen molar-refractivity contribution < 1.29 is 8.42 Å². The Kier molecular flexibility index (Phi) is 3.90.